The van der Waals surface area contributed by atoms with E-state index in [2.05, 4.69) is 64.9 Å². The molecule has 0 aromatic heterocycles. The van der Waals surface area contributed by atoms with E-state index in [0.29, 0.717) is 0 Å². The Bertz CT molecular complexity index is 437. The van der Waals surface area contributed by atoms with E-state index in [9.17, 15) is 0 Å². The van der Waals surface area contributed by atoms with Crippen LogP contribution >= 0.6 is 15.9 Å². The van der Waals surface area contributed by atoms with E-state index in [-0.39, 0.29) is 6.04 Å². The Kier molecular flexibility index (Phi) is 5.47. The molecule has 2 rings (SSSR count). The summed E-state index contributed by atoms with van der Waals surface area (Å²) in [6.45, 7) is 4.34. The van der Waals surface area contributed by atoms with Crippen LogP contribution in [0.25, 0.3) is 0 Å². The van der Waals surface area contributed by atoms with Gasteiger partial charge in [-0.25, -0.2) is 0 Å². The van der Waals surface area contributed by atoms with E-state index in [1.165, 1.54) is 24.1 Å². The fourth-order valence-electron chi connectivity index (χ4n) is 3.00. The molecule has 112 valence electrons. The topological polar surface area (TPSA) is 32.5 Å². The summed E-state index contributed by atoms with van der Waals surface area (Å²) in [6.07, 6.45) is 3.41. The Morgan fingerprint density at radius 2 is 2.00 bits per heavy atom. The van der Waals surface area contributed by atoms with Crippen LogP contribution in [-0.2, 0) is 6.42 Å². The molecule has 4 heteroatoms. The first kappa shape index (κ1) is 15.8. The zero-order chi connectivity index (χ0) is 14.7. The number of halogens is 1. The lowest BCUT2D eigenvalue weighted by Crippen LogP contribution is -2.42. The van der Waals surface area contributed by atoms with Crippen molar-refractivity contribution in [2.45, 2.75) is 38.3 Å². The molecule has 0 amide bonds. The molecule has 0 radical (unpaired) electrons. The second-order valence-corrected chi connectivity index (χ2v) is 7.05. The summed E-state index contributed by atoms with van der Waals surface area (Å²) in [5.74, 6) is 0. The molecule has 0 spiro atoms. The number of piperidine rings is 1. The average Bonchev–Trinajstić information content (AvgIpc) is 2.38. The van der Waals surface area contributed by atoms with Crippen molar-refractivity contribution in [1.82, 2.24) is 4.90 Å². The van der Waals surface area contributed by atoms with Crippen LogP contribution < -0.4 is 10.6 Å². The third kappa shape index (κ3) is 3.96. The van der Waals surface area contributed by atoms with Gasteiger partial charge in [-0.15, -0.1) is 0 Å². The highest BCUT2D eigenvalue weighted by molar-refractivity contribution is 9.10. The van der Waals surface area contributed by atoms with Gasteiger partial charge in [-0.3, -0.25) is 0 Å². The van der Waals surface area contributed by atoms with E-state index in [1.54, 1.807) is 0 Å². The Labute approximate surface area is 131 Å². The largest absolute Gasteiger partial charge is 0.371 e. The number of hydrogen-bond acceptors (Lipinski definition) is 3. The number of benzene rings is 1. The molecule has 0 aliphatic carbocycles. The maximum absolute atomic E-state index is 5.99. The van der Waals surface area contributed by atoms with E-state index in [4.69, 9.17) is 5.73 Å². The van der Waals surface area contributed by atoms with Gasteiger partial charge in [-0.05, 0) is 64.0 Å². The second-order valence-electron chi connectivity index (χ2n) is 6.14. The lowest BCUT2D eigenvalue weighted by Gasteiger charge is -2.37. The highest BCUT2D eigenvalue weighted by Gasteiger charge is 2.22. The first-order valence-electron chi connectivity index (χ1n) is 7.42. The molecule has 0 saturated carbocycles. The molecule has 1 aliphatic rings. The molecule has 1 aliphatic heterocycles. The standard InChI is InChI=1S/C16H26BrN3/c1-12(18)10-13-11-14(17)4-5-16(13)20-8-6-15(7-9-20)19(2)3/h4-5,11-12,15H,6-10,18H2,1-3H3. The average molecular weight is 340 g/mol. The van der Waals surface area contributed by atoms with Gasteiger partial charge in [0.2, 0.25) is 0 Å². The molecule has 1 saturated heterocycles. The van der Waals surface area contributed by atoms with Crippen LogP contribution in [0.5, 0.6) is 0 Å². The van der Waals surface area contributed by atoms with E-state index in [1.807, 2.05) is 0 Å². The van der Waals surface area contributed by atoms with E-state index < -0.39 is 0 Å². The molecule has 1 atom stereocenters. The van der Waals surface area contributed by atoms with Crippen molar-refractivity contribution in [3.63, 3.8) is 0 Å². The molecule has 2 N–H and O–H groups in total. The second kappa shape index (κ2) is 6.92. The highest BCUT2D eigenvalue weighted by Crippen LogP contribution is 2.28. The van der Waals surface area contributed by atoms with Crippen molar-refractivity contribution in [1.29, 1.82) is 0 Å². The Hall–Kier alpha value is -0.580. The quantitative estimate of drug-likeness (QED) is 0.915. The molecular formula is C16H26BrN3. The molecule has 20 heavy (non-hydrogen) atoms. The van der Waals surface area contributed by atoms with Crippen molar-refractivity contribution < 1.29 is 0 Å². The Balaban J connectivity index is 2.13. The molecule has 1 unspecified atom stereocenters. The van der Waals surface area contributed by atoms with Crippen LogP contribution in [0.1, 0.15) is 25.3 Å². The lowest BCUT2D eigenvalue weighted by atomic mass is 10.00. The van der Waals surface area contributed by atoms with Gasteiger partial charge in [-0.1, -0.05) is 15.9 Å². The van der Waals surface area contributed by atoms with E-state index >= 15 is 0 Å². The maximum atomic E-state index is 5.99. The van der Waals surface area contributed by atoms with Crippen LogP contribution in [0.2, 0.25) is 0 Å². The van der Waals surface area contributed by atoms with Crippen molar-refractivity contribution in [3.8, 4) is 0 Å². The van der Waals surface area contributed by atoms with Crippen LogP contribution in [0, 0.1) is 0 Å². The van der Waals surface area contributed by atoms with Crippen molar-refractivity contribution >= 4 is 21.6 Å². The van der Waals surface area contributed by atoms with Gasteiger partial charge in [0.15, 0.2) is 0 Å². The monoisotopic (exact) mass is 339 g/mol. The molecular weight excluding hydrogens is 314 g/mol. The minimum absolute atomic E-state index is 0.197. The minimum Gasteiger partial charge on any atom is -0.371 e. The number of hydrogen-bond donors (Lipinski definition) is 1. The number of anilines is 1. The highest BCUT2D eigenvalue weighted by atomic mass is 79.9. The van der Waals surface area contributed by atoms with Gasteiger partial charge < -0.3 is 15.5 Å². The van der Waals surface area contributed by atoms with Crippen LogP contribution in [0.4, 0.5) is 5.69 Å². The van der Waals surface area contributed by atoms with Gasteiger partial charge in [0.25, 0.3) is 0 Å². The SMILES string of the molecule is CC(N)Cc1cc(Br)ccc1N1CCC(N(C)C)CC1. The van der Waals surface area contributed by atoms with Gasteiger partial charge in [0, 0.05) is 35.3 Å². The molecule has 1 fully saturated rings. The third-order valence-corrected chi connectivity index (χ3v) is 4.61. The summed E-state index contributed by atoms with van der Waals surface area (Å²) in [5, 5.41) is 0. The minimum atomic E-state index is 0.197. The zero-order valence-electron chi connectivity index (χ0n) is 12.8. The molecule has 1 aromatic rings. The number of rotatable bonds is 4. The summed E-state index contributed by atoms with van der Waals surface area (Å²) in [5.41, 5.74) is 8.72. The summed E-state index contributed by atoms with van der Waals surface area (Å²) >= 11 is 3.57. The molecule has 3 nitrogen and oxygen atoms in total. The summed E-state index contributed by atoms with van der Waals surface area (Å²) in [6, 6.07) is 7.51. The first-order valence-corrected chi connectivity index (χ1v) is 8.22. The predicted octanol–water partition coefficient (Wildman–Crippen LogP) is 2.87. The Morgan fingerprint density at radius 1 is 1.35 bits per heavy atom. The summed E-state index contributed by atoms with van der Waals surface area (Å²) in [7, 11) is 4.36. The van der Waals surface area contributed by atoms with E-state index in [0.717, 1.165) is 30.0 Å². The van der Waals surface area contributed by atoms with Crippen molar-refractivity contribution in [2.75, 3.05) is 32.1 Å². The zero-order valence-corrected chi connectivity index (χ0v) is 14.4. The molecule has 1 heterocycles. The van der Waals surface area contributed by atoms with Crippen molar-refractivity contribution in [3.05, 3.63) is 28.2 Å². The third-order valence-electron chi connectivity index (χ3n) is 4.12. The first-order chi connectivity index (χ1) is 9.47. The summed E-state index contributed by atoms with van der Waals surface area (Å²) in [4.78, 5) is 4.87. The number of nitrogens with zero attached hydrogens (tertiary/aromatic N) is 2. The van der Waals surface area contributed by atoms with Crippen LogP contribution in [-0.4, -0.2) is 44.2 Å². The summed E-state index contributed by atoms with van der Waals surface area (Å²) < 4.78 is 1.14. The molecule has 0 bridgehead atoms. The fourth-order valence-corrected chi connectivity index (χ4v) is 3.40. The van der Waals surface area contributed by atoms with Gasteiger partial charge in [-0.2, -0.15) is 0 Å². The van der Waals surface area contributed by atoms with Crippen molar-refractivity contribution in [2.24, 2.45) is 5.73 Å². The fraction of sp³-hybridized carbons (Fsp3) is 0.625. The predicted molar refractivity (Wildman–Crippen MR) is 90.4 cm³/mol. The van der Waals surface area contributed by atoms with Crippen LogP contribution in [0.3, 0.4) is 0 Å². The number of nitrogens with two attached hydrogens (primary N) is 1. The van der Waals surface area contributed by atoms with Gasteiger partial charge in [0.1, 0.15) is 0 Å². The maximum Gasteiger partial charge on any atom is 0.0400 e. The van der Waals surface area contributed by atoms with Gasteiger partial charge in [0.05, 0.1) is 0 Å². The van der Waals surface area contributed by atoms with Crippen LogP contribution in [0.15, 0.2) is 22.7 Å². The smallest absolute Gasteiger partial charge is 0.0400 e. The van der Waals surface area contributed by atoms with Gasteiger partial charge >= 0.3 is 0 Å². The lowest BCUT2D eigenvalue weighted by molar-refractivity contribution is 0.249. The molecule has 1 aromatic carbocycles. The normalized spacial score (nSPS) is 18.6. The Morgan fingerprint density at radius 3 is 2.55 bits per heavy atom.